The normalized spacial score (nSPS) is 35.4. The van der Waals surface area contributed by atoms with Crippen molar-refractivity contribution in [3.63, 3.8) is 0 Å². The van der Waals surface area contributed by atoms with Crippen molar-refractivity contribution >= 4 is 17.2 Å². The third-order valence-electron chi connectivity index (χ3n) is 6.52. The second kappa shape index (κ2) is 5.55. The number of carbonyl (C=O) groups excluding carboxylic acids is 1. The molecule has 4 bridgehead atoms. The Kier molecular flexibility index (Phi) is 3.76. The largest absolute Gasteiger partial charge is 0.383 e. The predicted octanol–water partition coefficient (Wildman–Crippen LogP) is 3.07. The van der Waals surface area contributed by atoms with Crippen molar-refractivity contribution in [2.24, 2.45) is 28.2 Å². The van der Waals surface area contributed by atoms with Crippen LogP contribution in [0.3, 0.4) is 0 Å². The fourth-order valence-corrected chi connectivity index (χ4v) is 6.47. The average Bonchev–Trinajstić information content (AvgIpc) is 3.03. The molecule has 1 aromatic rings. The maximum absolute atomic E-state index is 13.1. The minimum absolute atomic E-state index is 0.113. The molecule has 0 aromatic carbocycles. The highest BCUT2D eigenvalue weighted by molar-refractivity contribution is 7.09. The summed E-state index contributed by atoms with van der Waals surface area (Å²) in [7, 11) is 1.71. The summed E-state index contributed by atoms with van der Waals surface area (Å²) in [5.74, 6) is 2.36. The molecule has 5 rings (SSSR count). The predicted molar refractivity (Wildman–Crippen MR) is 90.2 cm³/mol. The molecule has 4 nitrogen and oxygen atoms in total. The van der Waals surface area contributed by atoms with Crippen molar-refractivity contribution in [3.8, 4) is 0 Å². The molecule has 1 aromatic heterocycles. The van der Waals surface area contributed by atoms with Crippen LogP contribution in [0.15, 0.2) is 4.99 Å². The maximum Gasteiger partial charge on any atom is 0.254 e. The zero-order chi connectivity index (χ0) is 16.2. The van der Waals surface area contributed by atoms with E-state index in [1.54, 1.807) is 18.4 Å². The number of nitrogens with zero attached hydrogens (tertiary/aromatic N) is 2. The van der Waals surface area contributed by atoms with Crippen LogP contribution in [0.25, 0.3) is 0 Å². The van der Waals surface area contributed by atoms with Crippen LogP contribution >= 0.6 is 11.3 Å². The lowest BCUT2D eigenvalue weighted by Crippen LogP contribution is -2.33. The molecular formula is C18H26N2O2S. The molecule has 2 unspecified atom stereocenters. The van der Waals surface area contributed by atoms with Crippen LogP contribution in [0.1, 0.15) is 42.7 Å². The highest BCUT2D eigenvalue weighted by Gasteiger charge is 2.61. The minimum atomic E-state index is -0.113. The second-order valence-electron chi connectivity index (χ2n) is 7.79. The van der Waals surface area contributed by atoms with Crippen molar-refractivity contribution in [2.45, 2.75) is 52.5 Å². The van der Waals surface area contributed by atoms with E-state index in [1.807, 2.05) is 0 Å². The molecule has 4 saturated carbocycles. The number of amides is 1. The Labute approximate surface area is 141 Å². The minimum Gasteiger partial charge on any atom is -0.383 e. The SMILES string of the molecule is COCCn1c(C)c(C)sc1=NC(=O)C12CC3CC(CC1C3)C2. The molecule has 4 aliphatic carbocycles. The molecule has 126 valence electrons. The third kappa shape index (κ3) is 2.35. The quantitative estimate of drug-likeness (QED) is 0.849. The zero-order valence-corrected chi connectivity index (χ0v) is 15.1. The van der Waals surface area contributed by atoms with E-state index in [0.29, 0.717) is 12.5 Å². The number of thiazole rings is 1. The van der Waals surface area contributed by atoms with Crippen molar-refractivity contribution in [3.05, 3.63) is 15.4 Å². The summed E-state index contributed by atoms with van der Waals surface area (Å²) < 4.78 is 7.37. The van der Waals surface area contributed by atoms with E-state index in [-0.39, 0.29) is 11.3 Å². The Morgan fingerprint density at radius 1 is 1.30 bits per heavy atom. The summed E-state index contributed by atoms with van der Waals surface area (Å²) in [5, 5.41) is 0. The first-order valence-electron chi connectivity index (χ1n) is 8.78. The molecular weight excluding hydrogens is 308 g/mol. The Balaban J connectivity index is 1.68. The number of aryl methyl sites for hydroxylation is 1. The Hall–Kier alpha value is -0.940. The fraction of sp³-hybridized carbons (Fsp3) is 0.778. The average molecular weight is 334 g/mol. The van der Waals surface area contributed by atoms with Crippen LogP contribution in [-0.4, -0.2) is 24.2 Å². The monoisotopic (exact) mass is 334 g/mol. The molecule has 0 saturated heterocycles. The summed E-state index contributed by atoms with van der Waals surface area (Å²) in [4.78, 5) is 19.9. The second-order valence-corrected chi connectivity index (χ2v) is 8.97. The van der Waals surface area contributed by atoms with Crippen molar-refractivity contribution in [2.75, 3.05) is 13.7 Å². The van der Waals surface area contributed by atoms with Gasteiger partial charge in [-0.15, -0.1) is 11.3 Å². The van der Waals surface area contributed by atoms with Crippen molar-refractivity contribution < 1.29 is 9.53 Å². The molecule has 0 N–H and O–H groups in total. The van der Waals surface area contributed by atoms with Crippen LogP contribution < -0.4 is 4.80 Å². The summed E-state index contributed by atoms with van der Waals surface area (Å²) in [6, 6.07) is 0. The number of carbonyl (C=O) groups is 1. The van der Waals surface area contributed by atoms with E-state index in [1.165, 1.54) is 29.8 Å². The van der Waals surface area contributed by atoms with E-state index in [0.717, 1.165) is 36.0 Å². The van der Waals surface area contributed by atoms with Gasteiger partial charge < -0.3 is 9.30 Å². The summed E-state index contributed by atoms with van der Waals surface area (Å²) in [6.45, 7) is 5.62. The van der Waals surface area contributed by atoms with Gasteiger partial charge in [0.05, 0.1) is 12.0 Å². The molecule has 1 heterocycles. The van der Waals surface area contributed by atoms with Crippen molar-refractivity contribution in [1.82, 2.24) is 4.57 Å². The molecule has 0 radical (unpaired) electrons. The fourth-order valence-electron chi connectivity index (χ4n) is 5.47. The number of rotatable bonds is 4. The van der Waals surface area contributed by atoms with Crippen LogP contribution in [-0.2, 0) is 16.1 Å². The zero-order valence-electron chi connectivity index (χ0n) is 14.3. The summed E-state index contributed by atoms with van der Waals surface area (Å²) in [5.41, 5.74) is 1.09. The van der Waals surface area contributed by atoms with E-state index in [2.05, 4.69) is 23.4 Å². The molecule has 5 heteroatoms. The van der Waals surface area contributed by atoms with Crippen LogP contribution in [0.2, 0.25) is 0 Å². The summed E-state index contributed by atoms with van der Waals surface area (Å²) in [6.07, 6.45) is 6.08. The van der Waals surface area contributed by atoms with Gasteiger partial charge in [-0.3, -0.25) is 4.79 Å². The Bertz CT molecular complexity index is 688. The maximum atomic E-state index is 13.1. The molecule has 0 spiro atoms. The van der Waals surface area contributed by atoms with E-state index in [9.17, 15) is 4.79 Å². The van der Waals surface area contributed by atoms with E-state index >= 15 is 0 Å². The van der Waals surface area contributed by atoms with Gasteiger partial charge in [0.2, 0.25) is 0 Å². The van der Waals surface area contributed by atoms with Gasteiger partial charge in [-0.05, 0) is 63.7 Å². The van der Waals surface area contributed by atoms with Gasteiger partial charge in [0, 0.05) is 24.2 Å². The Morgan fingerprint density at radius 3 is 2.65 bits per heavy atom. The van der Waals surface area contributed by atoms with Crippen molar-refractivity contribution in [1.29, 1.82) is 0 Å². The molecule has 0 aliphatic heterocycles. The van der Waals surface area contributed by atoms with Gasteiger partial charge in [-0.25, -0.2) is 0 Å². The number of hydrogen-bond acceptors (Lipinski definition) is 3. The lowest BCUT2D eigenvalue weighted by molar-refractivity contribution is -0.129. The first kappa shape index (κ1) is 15.6. The highest BCUT2D eigenvalue weighted by Crippen LogP contribution is 2.65. The molecule has 4 fully saturated rings. The lowest BCUT2D eigenvalue weighted by Gasteiger charge is -2.29. The molecule has 23 heavy (non-hydrogen) atoms. The molecule has 4 aliphatic rings. The first-order valence-corrected chi connectivity index (χ1v) is 9.60. The molecule has 2 atom stereocenters. The van der Waals surface area contributed by atoms with Crippen LogP contribution in [0.5, 0.6) is 0 Å². The van der Waals surface area contributed by atoms with Gasteiger partial charge in [0.1, 0.15) is 0 Å². The Morgan fingerprint density at radius 2 is 2.00 bits per heavy atom. The van der Waals surface area contributed by atoms with E-state index < -0.39 is 0 Å². The number of hydrogen-bond donors (Lipinski definition) is 0. The van der Waals surface area contributed by atoms with Crippen LogP contribution in [0, 0.1) is 37.0 Å². The number of methoxy groups -OCH3 is 1. The van der Waals surface area contributed by atoms with Gasteiger partial charge in [-0.2, -0.15) is 4.99 Å². The van der Waals surface area contributed by atoms with E-state index in [4.69, 9.17) is 4.74 Å². The first-order chi connectivity index (χ1) is 11.0. The topological polar surface area (TPSA) is 43.6 Å². The smallest absolute Gasteiger partial charge is 0.254 e. The van der Waals surface area contributed by atoms with Gasteiger partial charge in [0.25, 0.3) is 5.91 Å². The summed E-state index contributed by atoms with van der Waals surface area (Å²) >= 11 is 1.64. The van der Waals surface area contributed by atoms with Gasteiger partial charge in [0.15, 0.2) is 4.80 Å². The third-order valence-corrected chi connectivity index (χ3v) is 7.62. The lowest BCUT2D eigenvalue weighted by atomic mass is 9.75. The highest BCUT2D eigenvalue weighted by atomic mass is 32.1. The standard InChI is InChI=1S/C18H26N2O2S/c1-11-12(2)23-17(20(11)4-5-22-3)19-16(21)18-9-13-6-14(10-18)8-15(18)7-13/h13-15H,4-10H2,1-3H3. The van der Waals surface area contributed by atoms with Gasteiger partial charge in [-0.1, -0.05) is 0 Å². The van der Waals surface area contributed by atoms with Crippen LogP contribution in [0.4, 0.5) is 0 Å². The molecule has 1 amide bonds. The van der Waals surface area contributed by atoms with Gasteiger partial charge >= 0.3 is 0 Å². The number of aromatic nitrogens is 1. The number of ether oxygens (including phenoxy) is 1.